The molecule has 4 aliphatic rings. The molecule has 1 saturated heterocycles. The summed E-state index contributed by atoms with van der Waals surface area (Å²) in [4.78, 5) is 54.2. The number of nitrogens with zero attached hydrogens (tertiary/aromatic N) is 4. The van der Waals surface area contributed by atoms with Gasteiger partial charge in [-0.05, 0) is 56.7 Å². The van der Waals surface area contributed by atoms with E-state index < -0.39 is 63.2 Å². The van der Waals surface area contributed by atoms with E-state index in [0.717, 1.165) is 43.9 Å². The monoisotopic (exact) mass is 675 g/mol. The number of aliphatic hydroxyl groups is 3. The molecule has 0 spiro atoms. The van der Waals surface area contributed by atoms with Gasteiger partial charge in [-0.15, -0.1) is 0 Å². The van der Waals surface area contributed by atoms with Crippen LogP contribution < -0.4 is 27.1 Å². The molecule has 0 unspecified atom stereocenters. The fraction of sp³-hybridized carbons (Fsp3) is 0.457. The second-order valence-corrected chi connectivity index (χ2v) is 14.2. The van der Waals surface area contributed by atoms with E-state index in [-0.39, 0.29) is 24.2 Å². The van der Waals surface area contributed by atoms with Gasteiger partial charge in [-0.25, -0.2) is 0 Å². The molecule has 3 aliphatic carbocycles. The highest BCUT2D eigenvalue weighted by Gasteiger charge is 2.66. The Morgan fingerprint density at radius 1 is 1.06 bits per heavy atom. The van der Waals surface area contributed by atoms with E-state index in [9.17, 15) is 29.7 Å². The van der Waals surface area contributed by atoms with Gasteiger partial charge in [0, 0.05) is 64.0 Å². The first-order valence-electron chi connectivity index (χ1n) is 16.2. The Morgan fingerprint density at radius 3 is 2.24 bits per heavy atom. The van der Waals surface area contributed by atoms with Gasteiger partial charge >= 0.3 is 0 Å². The van der Waals surface area contributed by atoms with Crippen molar-refractivity contribution in [3.63, 3.8) is 0 Å². The van der Waals surface area contributed by atoms with Crippen molar-refractivity contribution in [3.8, 4) is 16.9 Å². The van der Waals surface area contributed by atoms with Crippen molar-refractivity contribution in [1.82, 2.24) is 14.7 Å². The minimum Gasteiger partial charge on any atom is -0.510 e. The van der Waals surface area contributed by atoms with Crippen LogP contribution in [0.15, 0.2) is 53.0 Å². The summed E-state index contributed by atoms with van der Waals surface area (Å²) in [5.41, 5.74) is 10.5. The van der Waals surface area contributed by atoms with Crippen LogP contribution in [0, 0.1) is 5.92 Å². The highest BCUT2D eigenvalue weighted by atomic mass is 16.6. The number of amides is 1. The van der Waals surface area contributed by atoms with Crippen LogP contribution in [-0.2, 0) is 22.6 Å². The Morgan fingerprint density at radius 2 is 1.69 bits per heavy atom. The van der Waals surface area contributed by atoms with Gasteiger partial charge in [0.25, 0.3) is 5.91 Å². The second-order valence-electron chi connectivity index (χ2n) is 14.2. The van der Waals surface area contributed by atoms with Gasteiger partial charge in [0.15, 0.2) is 17.1 Å². The average Bonchev–Trinajstić information content (AvgIpc) is 3.03. The molecule has 14 heteroatoms. The summed E-state index contributed by atoms with van der Waals surface area (Å²) >= 11 is 0. The fourth-order valence-corrected chi connectivity index (χ4v) is 8.18. The fourth-order valence-electron chi connectivity index (χ4n) is 8.18. The number of anilines is 1. The topological polar surface area (TPSA) is 212 Å². The maximum Gasteiger partial charge on any atom is 0.255 e. The molecule has 9 N–H and O–H groups in total. The third-order valence-electron chi connectivity index (χ3n) is 10.7. The molecule has 4 atom stereocenters. The molecule has 2 aromatic rings. The van der Waals surface area contributed by atoms with Crippen molar-refractivity contribution in [3.05, 3.63) is 69.7 Å². The molecule has 1 heterocycles. The SMILES string of the molecule is CN1CCN(Cc2ccc(-c3cc(N(C)C)c4c(c3ON)C(=O)C3=C(O)[C@]5(O)C(=O)C(C(N)=O)=C(O)[C@@H](N(C)C)[C@@H]5C[C@]3(N)C4)cc2)CC1. The molecular formula is C35H45N7O7. The first-order chi connectivity index (χ1) is 23.0. The highest BCUT2D eigenvalue weighted by Crippen LogP contribution is 2.55. The minimum absolute atomic E-state index is 0.00431. The number of piperazine rings is 1. The molecule has 1 fully saturated rings. The van der Waals surface area contributed by atoms with E-state index in [2.05, 4.69) is 16.8 Å². The van der Waals surface area contributed by atoms with Crippen LogP contribution in [-0.4, -0.2) is 126 Å². The van der Waals surface area contributed by atoms with E-state index >= 15 is 0 Å². The lowest BCUT2D eigenvalue weighted by Gasteiger charge is -2.53. The summed E-state index contributed by atoms with van der Waals surface area (Å²) in [5.74, 6) is -0.283. The van der Waals surface area contributed by atoms with E-state index in [1.165, 1.54) is 4.90 Å². The number of Topliss-reactive ketones (excluding diaryl/α,β-unsaturated/α-hetero) is 2. The summed E-state index contributed by atoms with van der Waals surface area (Å²) in [6.07, 6.45) is -0.212. The van der Waals surface area contributed by atoms with Crippen LogP contribution >= 0.6 is 0 Å². The zero-order chi connectivity index (χ0) is 35.7. The Bertz CT molecular complexity index is 1800. The molecule has 2 aromatic carbocycles. The van der Waals surface area contributed by atoms with Crippen LogP contribution in [0.2, 0.25) is 0 Å². The first kappa shape index (κ1) is 34.5. The molecule has 6 rings (SSSR count). The second kappa shape index (κ2) is 12.2. The number of nitrogens with two attached hydrogens (primary N) is 3. The van der Waals surface area contributed by atoms with Gasteiger partial charge in [-0.3, -0.25) is 24.2 Å². The third kappa shape index (κ3) is 5.30. The molecular weight excluding hydrogens is 630 g/mol. The summed E-state index contributed by atoms with van der Waals surface area (Å²) in [6, 6.07) is 8.66. The quantitative estimate of drug-likeness (QED) is 0.172. The predicted octanol–water partition coefficient (Wildman–Crippen LogP) is 0.229. The number of ketones is 2. The van der Waals surface area contributed by atoms with Gasteiger partial charge in [-0.2, -0.15) is 5.90 Å². The molecule has 14 nitrogen and oxygen atoms in total. The molecule has 1 amide bonds. The Labute approximate surface area is 284 Å². The minimum atomic E-state index is -2.78. The first-order valence-corrected chi connectivity index (χ1v) is 16.2. The molecule has 1 aliphatic heterocycles. The Hall–Kier alpha value is -4.31. The maximum atomic E-state index is 14.7. The number of hydrogen-bond acceptors (Lipinski definition) is 13. The number of carbonyl (C=O) groups is 3. The zero-order valence-electron chi connectivity index (χ0n) is 28.5. The van der Waals surface area contributed by atoms with Crippen LogP contribution in [0.4, 0.5) is 5.69 Å². The Kier molecular flexibility index (Phi) is 8.62. The number of rotatable bonds is 7. The maximum absolute atomic E-state index is 14.7. The number of fused-ring (bicyclic) bond motifs is 3. The largest absolute Gasteiger partial charge is 0.510 e. The normalized spacial score (nSPS) is 27.6. The van der Waals surface area contributed by atoms with Crippen LogP contribution in [0.25, 0.3) is 11.1 Å². The summed E-state index contributed by atoms with van der Waals surface area (Å²) in [7, 11) is 8.92. The van der Waals surface area contributed by atoms with Gasteiger partial charge in [0.1, 0.15) is 17.1 Å². The van der Waals surface area contributed by atoms with Crippen molar-refractivity contribution in [2.24, 2.45) is 23.3 Å². The molecule has 262 valence electrons. The van der Waals surface area contributed by atoms with Crippen LogP contribution in [0.1, 0.15) is 27.9 Å². The lowest BCUT2D eigenvalue weighted by Crippen LogP contribution is -2.68. The average molecular weight is 676 g/mol. The van der Waals surface area contributed by atoms with E-state index in [1.54, 1.807) is 14.1 Å². The van der Waals surface area contributed by atoms with Crippen molar-refractivity contribution in [1.29, 1.82) is 0 Å². The van der Waals surface area contributed by atoms with E-state index in [0.29, 0.717) is 16.8 Å². The molecule has 0 radical (unpaired) electrons. The predicted molar refractivity (Wildman–Crippen MR) is 183 cm³/mol. The summed E-state index contributed by atoms with van der Waals surface area (Å²) in [5, 5.41) is 34.9. The van der Waals surface area contributed by atoms with Gasteiger partial charge in [0.05, 0.1) is 22.7 Å². The van der Waals surface area contributed by atoms with Crippen molar-refractivity contribution < 1.29 is 34.5 Å². The highest BCUT2D eigenvalue weighted by molar-refractivity contribution is 6.25. The number of hydrogen-bond donors (Lipinski definition) is 6. The lowest BCUT2D eigenvalue weighted by atomic mass is 9.56. The molecule has 49 heavy (non-hydrogen) atoms. The smallest absolute Gasteiger partial charge is 0.255 e. The zero-order valence-corrected chi connectivity index (χ0v) is 28.5. The Balaban J connectivity index is 1.49. The standard InChI is InChI=1S/C35H45N7O7/c1-39(2)23-14-20(19-8-6-18(7-9-19)17-42-12-10-41(5)11-13-42)30(49-38)24-21(23)15-34(37)16-22-27(40(3)4)29(44)25(33(36)47)31(45)35(22,48)32(46)26(34)28(24)43/h6-9,14,22,27,44,46,48H,10-13,15-17,37-38H2,1-5H3,(H2,36,47)/t22-,27-,34+,35+/m0/s1. The summed E-state index contributed by atoms with van der Waals surface area (Å²) < 4.78 is 0. The van der Waals surface area contributed by atoms with Crippen molar-refractivity contribution >= 4 is 23.2 Å². The van der Waals surface area contributed by atoms with Gasteiger partial charge in [0.2, 0.25) is 5.78 Å². The number of likely N-dealkylation sites (N-methyl/N-ethyl adjacent to an activating group) is 2. The number of primary amides is 1. The number of benzene rings is 2. The summed E-state index contributed by atoms with van der Waals surface area (Å²) in [6.45, 7) is 4.78. The van der Waals surface area contributed by atoms with Crippen molar-refractivity contribution in [2.75, 3.05) is 66.3 Å². The molecule has 0 bridgehead atoms. The molecule has 0 aromatic heterocycles. The lowest BCUT2D eigenvalue weighted by molar-refractivity contribution is -0.148. The van der Waals surface area contributed by atoms with Gasteiger partial charge in [-0.1, -0.05) is 24.3 Å². The number of aliphatic hydroxyl groups excluding tert-OH is 2. The van der Waals surface area contributed by atoms with E-state index in [4.69, 9.17) is 22.2 Å². The van der Waals surface area contributed by atoms with Crippen LogP contribution in [0.5, 0.6) is 5.75 Å². The third-order valence-corrected chi connectivity index (χ3v) is 10.7. The van der Waals surface area contributed by atoms with Gasteiger partial charge < -0.3 is 41.4 Å². The number of carbonyl (C=O) groups excluding carboxylic acids is 3. The molecule has 0 saturated carbocycles. The van der Waals surface area contributed by atoms with E-state index in [1.807, 2.05) is 49.3 Å². The van der Waals surface area contributed by atoms with Crippen molar-refractivity contribution in [2.45, 2.75) is 36.6 Å². The van der Waals surface area contributed by atoms with Crippen LogP contribution in [0.3, 0.4) is 0 Å².